The maximum atomic E-state index is 12.1. The molecule has 0 spiro atoms. The Kier molecular flexibility index (Phi) is 4.11. The molecule has 0 aliphatic rings. The van der Waals surface area contributed by atoms with Crippen molar-refractivity contribution in [3.8, 4) is 0 Å². The highest BCUT2D eigenvalue weighted by Gasteiger charge is 2.15. The molecule has 1 aromatic carbocycles. The lowest BCUT2D eigenvalue weighted by molar-refractivity contribution is 0.597. The summed E-state index contributed by atoms with van der Waals surface area (Å²) in [5, 5.41) is 4.62. The number of anilines is 1. The largest absolute Gasteiger partial charge is 0.271 e. The molecule has 0 bridgehead atoms. The molecule has 0 atom stereocenters. The molecular weight excluding hydrogens is 286 g/mol. The average Bonchev–Trinajstić information content (AvgIpc) is 2.77. The van der Waals surface area contributed by atoms with E-state index in [2.05, 4.69) is 9.82 Å². The van der Waals surface area contributed by atoms with Crippen LogP contribution in [-0.4, -0.2) is 18.2 Å². The third-order valence-corrected chi connectivity index (χ3v) is 4.08. The molecule has 0 amide bonds. The number of sulfonamides is 1. The highest BCUT2D eigenvalue weighted by molar-refractivity contribution is 7.92. The van der Waals surface area contributed by atoms with Gasteiger partial charge >= 0.3 is 0 Å². The Balaban J connectivity index is 2.18. The number of benzene rings is 1. The minimum atomic E-state index is -3.62. The topological polar surface area (TPSA) is 64.0 Å². The lowest BCUT2D eigenvalue weighted by Gasteiger charge is -2.05. The van der Waals surface area contributed by atoms with Crippen LogP contribution in [0.1, 0.15) is 13.3 Å². The lowest BCUT2D eigenvalue weighted by Crippen LogP contribution is -2.13. The summed E-state index contributed by atoms with van der Waals surface area (Å²) in [4.78, 5) is 0.155. The molecule has 0 aliphatic heterocycles. The van der Waals surface area contributed by atoms with Crippen LogP contribution in [-0.2, 0) is 16.6 Å². The summed E-state index contributed by atoms with van der Waals surface area (Å²) in [5.41, 5.74) is 0. The number of nitrogens with zero attached hydrogens (tertiary/aromatic N) is 2. The Morgan fingerprint density at radius 1 is 1.26 bits per heavy atom. The summed E-state index contributed by atoms with van der Waals surface area (Å²) in [6.45, 7) is 2.78. The van der Waals surface area contributed by atoms with Crippen molar-refractivity contribution in [2.45, 2.75) is 24.8 Å². The smallest absolute Gasteiger partial charge is 0.263 e. The van der Waals surface area contributed by atoms with Crippen molar-refractivity contribution >= 4 is 27.4 Å². The predicted molar refractivity (Wildman–Crippen MR) is 74.8 cm³/mol. The van der Waals surface area contributed by atoms with Gasteiger partial charge in [-0.25, -0.2) is 8.42 Å². The van der Waals surface area contributed by atoms with Crippen LogP contribution in [0.4, 0.5) is 5.82 Å². The second-order valence-electron chi connectivity index (χ2n) is 4.02. The minimum Gasteiger partial charge on any atom is -0.271 e. The summed E-state index contributed by atoms with van der Waals surface area (Å²) >= 11 is 5.73. The third kappa shape index (κ3) is 3.48. The zero-order valence-electron chi connectivity index (χ0n) is 10.4. The Hall–Kier alpha value is -1.53. The quantitative estimate of drug-likeness (QED) is 0.923. The lowest BCUT2D eigenvalue weighted by atomic mass is 10.4. The molecule has 102 valence electrons. The van der Waals surface area contributed by atoms with Crippen molar-refractivity contribution < 1.29 is 8.42 Å². The molecule has 5 nitrogen and oxygen atoms in total. The van der Waals surface area contributed by atoms with Crippen molar-refractivity contribution in [1.82, 2.24) is 9.78 Å². The van der Waals surface area contributed by atoms with Crippen LogP contribution in [0.3, 0.4) is 0 Å². The maximum Gasteiger partial charge on any atom is 0.263 e. The second-order valence-corrected chi connectivity index (χ2v) is 6.14. The fraction of sp³-hybridized carbons (Fsp3) is 0.250. The first-order valence-electron chi connectivity index (χ1n) is 5.83. The summed E-state index contributed by atoms with van der Waals surface area (Å²) in [5.74, 6) is 0.309. The monoisotopic (exact) mass is 299 g/mol. The molecular formula is C12H14ClN3O2S. The van der Waals surface area contributed by atoms with Gasteiger partial charge in [0.1, 0.15) is 0 Å². The van der Waals surface area contributed by atoms with Gasteiger partial charge in [-0.05, 0) is 30.7 Å². The number of rotatable bonds is 5. The van der Waals surface area contributed by atoms with Gasteiger partial charge in [0.15, 0.2) is 5.82 Å². The molecule has 0 fully saturated rings. The van der Waals surface area contributed by atoms with Crippen molar-refractivity contribution in [2.24, 2.45) is 0 Å². The van der Waals surface area contributed by atoms with E-state index in [1.807, 2.05) is 6.92 Å². The summed E-state index contributed by atoms with van der Waals surface area (Å²) in [6.07, 6.45) is 2.67. The normalized spacial score (nSPS) is 11.5. The van der Waals surface area contributed by atoms with E-state index in [-0.39, 0.29) is 4.90 Å². The average molecular weight is 300 g/mol. The Morgan fingerprint density at radius 2 is 1.95 bits per heavy atom. The Morgan fingerprint density at radius 3 is 2.58 bits per heavy atom. The Labute approximate surface area is 117 Å². The van der Waals surface area contributed by atoms with Crippen LogP contribution in [0.15, 0.2) is 41.4 Å². The van der Waals surface area contributed by atoms with Crippen molar-refractivity contribution in [3.05, 3.63) is 41.6 Å². The van der Waals surface area contributed by atoms with Gasteiger partial charge in [-0.3, -0.25) is 9.40 Å². The van der Waals surface area contributed by atoms with E-state index >= 15 is 0 Å². The SMILES string of the molecule is CCCn1ccc(NS(=O)(=O)c2ccc(Cl)cc2)n1. The summed E-state index contributed by atoms with van der Waals surface area (Å²) in [6, 6.07) is 7.60. The zero-order valence-corrected chi connectivity index (χ0v) is 11.9. The van der Waals surface area contributed by atoms with Gasteiger partial charge in [-0.2, -0.15) is 5.10 Å². The first-order valence-corrected chi connectivity index (χ1v) is 7.69. The number of halogens is 1. The van der Waals surface area contributed by atoms with E-state index in [4.69, 9.17) is 11.6 Å². The molecule has 1 N–H and O–H groups in total. The van der Waals surface area contributed by atoms with Crippen LogP contribution < -0.4 is 4.72 Å². The van der Waals surface area contributed by atoms with Crippen molar-refractivity contribution in [1.29, 1.82) is 0 Å². The number of nitrogens with one attached hydrogen (secondary N) is 1. The molecule has 7 heteroatoms. The van der Waals surface area contributed by atoms with E-state index < -0.39 is 10.0 Å². The second kappa shape index (κ2) is 5.63. The van der Waals surface area contributed by atoms with Gasteiger partial charge in [0.05, 0.1) is 4.90 Å². The van der Waals surface area contributed by atoms with Crippen LogP contribution in [0.2, 0.25) is 5.02 Å². The fourth-order valence-corrected chi connectivity index (χ4v) is 2.70. The number of hydrogen-bond donors (Lipinski definition) is 1. The molecule has 0 saturated carbocycles. The predicted octanol–water partition coefficient (Wildman–Crippen LogP) is 2.75. The molecule has 1 aromatic heterocycles. The first kappa shape index (κ1) is 13.9. The van der Waals surface area contributed by atoms with Crippen molar-refractivity contribution in [3.63, 3.8) is 0 Å². The summed E-state index contributed by atoms with van der Waals surface area (Å²) in [7, 11) is -3.62. The maximum absolute atomic E-state index is 12.1. The van der Waals surface area contributed by atoms with Crippen LogP contribution in [0.5, 0.6) is 0 Å². The standard InChI is InChI=1S/C12H14ClN3O2S/c1-2-8-16-9-7-12(14-16)15-19(17,18)11-5-3-10(13)4-6-11/h3-7,9H,2,8H2,1H3,(H,14,15). The molecule has 2 aromatic rings. The van der Waals surface area contributed by atoms with E-state index in [1.54, 1.807) is 16.9 Å². The van der Waals surface area contributed by atoms with Crippen LogP contribution in [0.25, 0.3) is 0 Å². The molecule has 0 unspecified atom stereocenters. The van der Waals surface area contributed by atoms with Gasteiger partial charge < -0.3 is 0 Å². The van der Waals surface area contributed by atoms with Crippen LogP contribution in [0, 0.1) is 0 Å². The van der Waals surface area contributed by atoms with E-state index in [1.165, 1.54) is 24.3 Å². The Bertz CT molecular complexity index is 650. The fourth-order valence-electron chi connectivity index (χ4n) is 1.58. The van der Waals surface area contributed by atoms with Gasteiger partial charge in [0.2, 0.25) is 0 Å². The van der Waals surface area contributed by atoms with E-state index in [9.17, 15) is 8.42 Å². The molecule has 0 aliphatic carbocycles. The van der Waals surface area contributed by atoms with Crippen LogP contribution >= 0.6 is 11.6 Å². The highest BCUT2D eigenvalue weighted by atomic mass is 35.5. The molecule has 1 heterocycles. The number of aromatic nitrogens is 2. The summed E-state index contributed by atoms with van der Waals surface area (Å²) < 4.78 is 28.3. The molecule has 2 rings (SSSR count). The van der Waals surface area contributed by atoms with E-state index in [0.29, 0.717) is 10.8 Å². The zero-order chi connectivity index (χ0) is 13.9. The minimum absolute atomic E-state index is 0.155. The first-order chi connectivity index (χ1) is 9.01. The molecule has 0 radical (unpaired) electrons. The van der Waals surface area contributed by atoms with E-state index in [0.717, 1.165) is 13.0 Å². The van der Waals surface area contributed by atoms with Gasteiger partial charge in [-0.15, -0.1) is 0 Å². The van der Waals surface area contributed by atoms with Gasteiger partial charge in [0, 0.05) is 23.8 Å². The van der Waals surface area contributed by atoms with Crippen molar-refractivity contribution in [2.75, 3.05) is 4.72 Å². The molecule has 0 saturated heterocycles. The molecule has 19 heavy (non-hydrogen) atoms. The number of aryl methyl sites for hydroxylation is 1. The highest BCUT2D eigenvalue weighted by Crippen LogP contribution is 2.17. The third-order valence-electron chi connectivity index (χ3n) is 2.46. The number of hydrogen-bond acceptors (Lipinski definition) is 3. The van der Waals surface area contributed by atoms with Gasteiger partial charge in [-0.1, -0.05) is 18.5 Å². The van der Waals surface area contributed by atoms with Gasteiger partial charge in [0.25, 0.3) is 10.0 Å².